The Morgan fingerprint density at radius 3 is 2.33 bits per heavy atom. The van der Waals surface area contributed by atoms with Crippen LogP contribution >= 0.6 is 12.2 Å². The number of morpholine rings is 1. The van der Waals surface area contributed by atoms with Crippen molar-refractivity contribution in [2.45, 2.75) is 11.8 Å². The maximum absolute atomic E-state index is 12.6. The largest absolute Gasteiger partial charge is 0.494 e. The van der Waals surface area contributed by atoms with Crippen LogP contribution in [0.5, 0.6) is 5.75 Å². The third kappa shape index (κ3) is 5.54. The lowest BCUT2D eigenvalue weighted by Gasteiger charge is -2.26. The van der Waals surface area contributed by atoms with Crippen LogP contribution in [0.2, 0.25) is 0 Å². The van der Waals surface area contributed by atoms with Gasteiger partial charge in [0.25, 0.3) is 5.91 Å². The fourth-order valence-corrected chi connectivity index (χ4v) is 4.47. The van der Waals surface area contributed by atoms with Gasteiger partial charge in [-0.1, -0.05) is 0 Å². The van der Waals surface area contributed by atoms with Gasteiger partial charge in [-0.25, -0.2) is 8.42 Å². The second-order valence-electron chi connectivity index (χ2n) is 6.41. The number of benzene rings is 2. The van der Waals surface area contributed by atoms with Crippen LogP contribution in [-0.4, -0.2) is 56.7 Å². The molecule has 2 N–H and O–H groups in total. The normalized spacial score (nSPS) is 14.7. The van der Waals surface area contributed by atoms with Gasteiger partial charge in [0.1, 0.15) is 5.75 Å². The van der Waals surface area contributed by atoms with E-state index in [4.69, 9.17) is 21.7 Å². The molecule has 0 atom stereocenters. The number of hydrogen-bond acceptors (Lipinski definition) is 6. The Labute approximate surface area is 181 Å². The van der Waals surface area contributed by atoms with Crippen LogP contribution in [0.1, 0.15) is 17.3 Å². The van der Waals surface area contributed by atoms with Crippen molar-refractivity contribution in [3.05, 3.63) is 54.1 Å². The van der Waals surface area contributed by atoms with E-state index in [2.05, 4.69) is 10.6 Å². The summed E-state index contributed by atoms with van der Waals surface area (Å²) in [7, 11) is -3.56. The molecule has 0 saturated carbocycles. The third-order valence-electron chi connectivity index (χ3n) is 4.37. The molecule has 0 unspecified atom stereocenters. The molecule has 0 bridgehead atoms. The molecule has 2 aromatic carbocycles. The molecule has 10 heteroatoms. The highest BCUT2D eigenvalue weighted by molar-refractivity contribution is 7.89. The first-order chi connectivity index (χ1) is 14.4. The van der Waals surface area contributed by atoms with E-state index < -0.39 is 10.0 Å². The van der Waals surface area contributed by atoms with E-state index in [-0.39, 0.29) is 15.9 Å². The molecule has 30 heavy (non-hydrogen) atoms. The minimum Gasteiger partial charge on any atom is -0.494 e. The van der Waals surface area contributed by atoms with Crippen molar-refractivity contribution < 1.29 is 22.7 Å². The summed E-state index contributed by atoms with van der Waals surface area (Å²) in [5.41, 5.74) is 1.00. The molecular formula is C20H23N3O5S2. The van der Waals surface area contributed by atoms with Crippen LogP contribution in [0, 0.1) is 0 Å². The smallest absolute Gasteiger partial charge is 0.257 e. The third-order valence-corrected chi connectivity index (χ3v) is 6.49. The average molecular weight is 450 g/mol. The molecule has 0 radical (unpaired) electrons. The van der Waals surface area contributed by atoms with Gasteiger partial charge in [-0.2, -0.15) is 4.31 Å². The molecule has 1 aliphatic rings. The molecule has 1 aliphatic heterocycles. The van der Waals surface area contributed by atoms with Gasteiger partial charge < -0.3 is 14.8 Å². The highest BCUT2D eigenvalue weighted by atomic mass is 32.2. The van der Waals surface area contributed by atoms with Crippen molar-refractivity contribution in [2.75, 3.05) is 38.2 Å². The Morgan fingerprint density at radius 2 is 1.73 bits per heavy atom. The first-order valence-corrected chi connectivity index (χ1v) is 11.3. The Hall–Kier alpha value is -2.53. The first kappa shape index (κ1) is 22.2. The number of amides is 1. The molecule has 0 spiro atoms. The lowest BCUT2D eigenvalue weighted by Crippen LogP contribution is -2.40. The van der Waals surface area contributed by atoms with Crippen molar-refractivity contribution in [1.29, 1.82) is 0 Å². The molecule has 1 saturated heterocycles. The zero-order chi connectivity index (χ0) is 21.6. The maximum Gasteiger partial charge on any atom is 0.257 e. The van der Waals surface area contributed by atoms with Gasteiger partial charge >= 0.3 is 0 Å². The summed E-state index contributed by atoms with van der Waals surface area (Å²) in [6.45, 7) is 3.89. The van der Waals surface area contributed by atoms with E-state index in [0.717, 1.165) is 0 Å². The number of nitrogens with one attached hydrogen (secondary N) is 2. The summed E-state index contributed by atoms with van der Waals surface area (Å²) in [6, 6.07) is 12.9. The van der Waals surface area contributed by atoms with Gasteiger partial charge in [-0.15, -0.1) is 0 Å². The zero-order valence-electron chi connectivity index (χ0n) is 16.5. The Kier molecular flexibility index (Phi) is 7.38. The van der Waals surface area contributed by atoms with Gasteiger partial charge in [0.2, 0.25) is 10.0 Å². The monoisotopic (exact) mass is 449 g/mol. The van der Waals surface area contributed by atoms with Crippen LogP contribution in [0.25, 0.3) is 0 Å². The lowest BCUT2D eigenvalue weighted by molar-refractivity contribution is 0.0730. The number of sulfonamides is 1. The predicted molar refractivity (Wildman–Crippen MR) is 117 cm³/mol. The number of carbonyl (C=O) groups excluding carboxylic acids is 1. The van der Waals surface area contributed by atoms with E-state index in [9.17, 15) is 13.2 Å². The van der Waals surface area contributed by atoms with Crippen molar-refractivity contribution in [1.82, 2.24) is 9.62 Å². The minimum atomic E-state index is -3.56. The van der Waals surface area contributed by atoms with Crippen LogP contribution < -0.4 is 15.4 Å². The van der Waals surface area contributed by atoms with E-state index >= 15 is 0 Å². The van der Waals surface area contributed by atoms with Gasteiger partial charge in [-0.05, 0) is 67.7 Å². The second-order valence-corrected chi connectivity index (χ2v) is 8.75. The highest BCUT2D eigenvalue weighted by Gasteiger charge is 2.26. The first-order valence-electron chi connectivity index (χ1n) is 9.43. The molecule has 0 aromatic heterocycles. The zero-order valence-corrected chi connectivity index (χ0v) is 18.1. The summed E-state index contributed by atoms with van der Waals surface area (Å²) in [5.74, 6) is 0.323. The van der Waals surface area contributed by atoms with Crippen molar-refractivity contribution in [2.24, 2.45) is 0 Å². The molecule has 1 heterocycles. The quantitative estimate of drug-likeness (QED) is 0.653. The topological polar surface area (TPSA) is 97.0 Å². The van der Waals surface area contributed by atoms with Crippen LogP contribution in [0.3, 0.4) is 0 Å². The predicted octanol–water partition coefficient (Wildman–Crippen LogP) is 2.23. The summed E-state index contributed by atoms with van der Waals surface area (Å²) in [6.07, 6.45) is 0. The number of nitrogens with zero attached hydrogens (tertiary/aromatic N) is 1. The van der Waals surface area contributed by atoms with Gasteiger partial charge in [0.05, 0.1) is 24.7 Å². The maximum atomic E-state index is 12.6. The number of thiocarbonyl (C=S) groups is 1. The van der Waals surface area contributed by atoms with Gasteiger partial charge in [0.15, 0.2) is 5.11 Å². The molecule has 3 rings (SSSR count). The second kappa shape index (κ2) is 9.98. The number of carbonyl (C=O) groups is 1. The molecule has 2 aromatic rings. The Morgan fingerprint density at radius 1 is 1.10 bits per heavy atom. The van der Waals surface area contributed by atoms with Crippen LogP contribution in [-0.2, 0) is 14.8 Å². The van der Waals surface area contributed by atoms with E-state index in [1.165, 1.54) is 16.4 Å². The highest BCUT2D eigenvalue weighted by Crippen LogP contribution is 2.19. The summed E-state index contributed by atoms with van der Waals surface area (Å²) < 4.78 is 37.2. The molecule has 8 nitrogen and oxygen atoms in total. The SMILES string of the molecule is CCOc1ccc(C(=O)NC(=S)Nc2ccc(S(=O)(=O)N3CCOCC3)cc2)cc1. The molecule has 160 valence electrons. The van der Waals surface area contributed by atoms with Crippen LogP contribution in [0.4, 0.5) is 5.69 Å². The fraction of sp³-hybridized carbons (Fsp3) is 0.300. The number of anilines is 1. The number of rotatable bonds is 6. The van der Waals surface area contributed by atoms with Crippen LogP contribution in [0.15, 0.2) is 53.4 Å². The number of ether oxygens (including phenoxy) is 2. The summed E-state index contributed by atoms with van der Waals surface area (Å²) in [4.78, 5) is 12.5. The molecule has 0 aliphatic carbocycles. The lowest BCUT2D eigenvalue weighted by atomic mass is 10.2. The summed E-state index contributed by atoms with van der Waals surface area (Å²) >= 11 is 5.18. The molecule has 1 amide bonds. The Balaban J connectivity index is 1.58. The van der Waals surface area contributed by atoms with Crippen molar-refractivity contribution in [3.8, 4) is 5.75 Å². The van der Waals surface area contributed by atoms with Crippen molar-refractivity contribution in [3.63, 3.8) is 0 Å². The Bertz CT molecular complexity index is 986. The average Bonchev–Trinajstić information content (AvgIpc) is 2.75. The van der Waals surface area contributed by atoms with Gasteiger partial charge in [0, 0.05) is 24.3 Å². The van der Waals surface area contributed by atoms with Crippen molar-refractivity contribution >= 4 is 38.9 Å². The summed E-state index contributed by atoms with van der Waals surface area (Å²) in [5, 5.41) is 5.58. The van der Waals surface area contributed by atoms with Gasteiger partial charge in [-0.3, -0.25) is 10.1 Å². The standard InChI is InChI=1S/C20H23N3O5S2/c1-2-28-17-7-3-15(4-8-17)19(24)22-20(29)21-16-5-9-18(10-6-16)30(25,26)23-11-13-27-14-12-23/h3-10H,2,11-14H2,1H3,(H2,21,22,24,29). The van der Waals surface area contributed by atoms with E-state index in [1.54, 1.807) is 36.4 Å². The van der Waals surface area contributed by atoms with E-state index in [1.807, 2.05) is 6.92 Å². The number of hydrogen-bond donors (Lipinski definition) is 2. The van der Waals surface area contributed by atoms with E-state index in [0.29, 0.717) is 49.9 Å². The molecular weight excluding hydrogens is 426 g/mol. The minimum absolute atomic E-state index is 0.109. The fourth-order valence-electron chi connectivity index (χ4n) is 2.85. The molecule has 1 fully saturated rings.